The van der Waals surface area contributed by atoms with E-state index in [4.69, 9.17) is 0 Å². The number of rotatable bonds is 4. The number of amides is 1. The van der Waals surface area contributed by atoms with Crippen LogP contribution in [0.15, 0.2) is 24.3 Å². The smallest absolute Gasteiger partial charge is 0.225 e. The van der Waals surface area contributed by atoms with Gasteiger partial charge in [-0.3, -0.25) is 4.79 Å². The van der Waals surface area contributed by atoms with E-state index in [2.05, 4.69) is 25.4 Å². The largest absolute Gasteiger partial charge is 0.326 e. The van der Waals surface area contributed by atoms with Gasteiger partial charge in [0, 0.05) is 36.7 Å². The van der Waals surface area contributed by atoms with E-state index in [1.807, 2.05) is 24.3 Å². The van der Waals surface area contributed by atoms with Crippen molar-refractivity contribution in [1.29, 1.82) is 0 Å². The first-order valence-corrected chi connectivity index (χ1v) is 9.35. The Hall–Kier alpha value is -1.92. The van der Waals surface area contributed by atoms with Gasteiger partial charge in [-0.05, 0) is 44.4 Å². The summed E-state index contributed by atoms with van der Waals surface area (Å²) in [5, 5.41) is 15.2. The van der Waals surface area contributed by atoms with Crippen molar-refractivity contribution in [2.45, 2.75) is 57.5 Å². The molecule has 0 saturated carbocycles. The van der Waals surface area contributed by atoms with Crippen molar-refractivity contribution in [2.24, 2.45) is 0 Å². The van der Waals surface area contributed by atoms with Gasteiger partial charge in [-0.15, -0.1) is 22.6 Å². The lowest BCUT2D eigenvalue weighted by Gasteiger charge is -2.12. The molecule has 2 aliphatic rings. The molecule has 2 aliphatic heterocycles. The number of nitrogens with zero attached hydrogens (tertiary/aromatic N) is 3. The zero-order valence-electron chi connectivity index (χ0n) is 14.9. The molecule has 26 heavy (non-hydrogen) atoms. The molecular formula is C19H26ClN5O. The van der Waals surface area contributed by atoms with Crippen LogP contribution in [0.3, 0.4) is 0 Å². The molecule has 1 unspecified atom stereocenters. The van der Waals surface area contributed by atoms with Gasteiger partial charge in [-0.1, -0.05) is 18.6 Å². The summed E-state index contributed by atoms with van der Waals surface area (Å²) in [5.74, 6) is 2.05. The number of hydrogen-bond acceptors (Lipinski definition) is 4. The molecule has 2 N–H and O–H groups in total. The SMILES string of the molecule is Cl.O=C(CC1CCCN1)Nc1cccc(-c2nnc3n2CCCCC3)c1. The van der Waals surface area contributed by atoms with E-state index in [0.29, 0.717) is 12.5 Å². The molecule has 6 nitrogen and oxygen atoms in total. The van der Waals surface area contributed by atoms with Crippen LogP contribution in [0.4, 0.5) is 5.69 Å². The molecule has 1 aromatic carbocycles. The third-order valence-corrected chi connectivity index (χ3v) is 5.11. The molecule has 3 heterocycles. The van der Waals surface area contributed by atoms with Crippen molar-refractivity contribution in [2.75, 3.05) is 11.9 Å². The molecule has 0 aliphatic carbocycles. The van der Waals surface area contributed by atoms with Crippen molar-refractivity contribution < 1.29 is 4.79 Å². The minimum Gasteiger partial charge on any atom is -0.326 e. The maximum Gasteiger partial charge on any atom is 0.225 e. The minimum atomic E-state index is 0. The summed E-state index contributed by atoms with van der Waals surface area (Å²) >= 11 is 0. The predicted molar refractivity (Wildman–Crippen MR) is 105 cm³/mol. The molecule has 1 atom stereocenters. The van der Waals surface area contributed by atoms with Crippen LogP contribution in [-0.4, -0.2) is 33.3 Å². The van der Waals surface area contributed by atoms with Gasteiger partial charge in [0.1, 0.15) is 5.82 Å². The van der Waals surface area contributed by atoms with Crippen LogP contribution in [-0.2, 0) is 17.8 Å². The van der Waals surface area contributed by atoms with Crippen molar-refractivity contribution in [3.63, 3.8) is 0 Å². The quantitative estimate of drug-likeness (QED) is 0.860. The number of aryl methyl sites for hydroxylation is 1. The monoisotopic (exact) mass is 375 g/mol. The molecule has 0 spiro atoms. The number of carbonyl (C=O) groups is 1. The fourth-order valence-corrected chi connectivity index (χ4v) is 3.80. The fraction of sp³-hybridized carbons (Fsp3) is 0.526. The van der Waals surface area contributed by atoms with Crippen LogP contribution >= 0.6 is 12.4 Å². The topological polar surface area (TPSA) is 71.8 Å². The van der Waals surface area contributed by atoms with Gasteiger partial charge in [0.15, 0.2) is 5.82 Å². The summed E-state index contributed by atoms with van der Waals surface area (Å²) in [6, 6.07) is 8.26. The average Bonchev–Trinajstić information content (AvgIpc) is 3.20. The Morgan fingerprint density at radius 3 is 3.00 bits per heavy atom. The number of fused-ring (bicyclic) bond motifs is 1. The van der Waals surface area contributed by atoms with Gasteiger partial charge in [-0.25, -0.2) is 0 Å². The Balaban J connectivity index is 0.00000196. The van der Waals surface area contributed by atoms with Gasteiger partial charge >= 0.3 is 0 Å². The molecule has 1 amide bonds. The van der Waals surface area contributed by atoms with Gasteiger partial charge in [0.2, 0.25) is 5.91 Å². The Morgan fingerprint density at radius 2 is 2.15 bits per heavy atom. The van der Waals surface area contributed by atoms with E-state index in [0.717, 1.165) is 55.3 Å². The van der Waals surface area contributed by atoms with E-state index >= 15 is 0 Å². The molecule has 4 rings (SSSR count). The number of nitrogens with one attached hydrogen (secondary N) is 2. The molecule has 2 aromatic rings. The third kappa shape index (κ3) is 4.24. The summed E-state index contributed by atoms with van der Waals surface area (Å²) in [7, 11) is 0. The van der Waals surface area contributed by atoms with Crippen molar-refractivity contribution in [1.82, 2.24) is 20.1 Å². The van der Waals surface area contributed by atoms with Crippen LogP contribution in [0, 0.1) is 0 Å². The number of anilines is 1. The molecule has 7 heteroatoms. The first-order chi connectivity index (χ1) is 12.3. The summed E-state index contributed by atoms with van der Waals surface area (Å²) < 4.78 is 2.23. The highest BCUT2D eigenvalue weighted by atomic mass is 35.5. The first kappa shape index (κ1) is 18.9. The molecule has 1 aromatic heterocycles. The normalized spacial score (nSPS) is 19.3. The van der Waals surface area contributed by atoms with E-state index in [1.165, 1.54) is 19.3 Å². The number of benzene rings is 1. The Bertz CT molecular complexity index is 754. The Labute approximate surface area is 160 Å². The zero-order valence-corrected chi connectivity index (χ0v) is 15.7. The van der Waals surface area contributed by atoms with Gasteiger partial charge in [-0.2, -0.15) is 0 Å². The van der Waals surface area contributed by atoms with Gasteiger partial charge in [0.25, 0.3) is 0 Å². The van der Waals surface area contributed by atoms with Crippen LogP contribution in [0.1, 0.15) is 44.3 Å². The van der Waals surface area contributed by atoms with E-state index in [1.54, 1.807) is 0 Å². The van der Waals surface area contributed by atoms with E-state index < -0.39 is 0 Å². The second-order valence-electron chi connectivity index (χ2n) is 7.03. The van der Waals surface area contributed by atoms with Crippen molar-refractivity contribution in [3.05, 3.63) is 30.1 Å². The molecule has 140 valence electrons. The highest BCUT2D eigenvalue weighted by Gasteiger charge is 2.19. The van der Waals surface area contributed by atoms with Crippen LogP contribution in [0.25, 0.3) is 11.4 Å². The predicted octanol–water partition coefficient (Wildman–Crippen LogP) is 3.17. The Morgan fingerprint density at radius 1 is 1.23 bits per heavy atom. The van der Waals surface area contributed by atoms with Crippen LogP contribution < -0.4 is 10.6 Å². The minimum absolute atomic E-state index is 0. The summed E-state index contributed by atoms with van der Waals surface area (Å²) in [6.45, 7) is 1.99. The number of carbonyl (C=O) groups excluding carboxylic acids is 1. The molecule has 0 radical (unpaired) electrons. The molecular weight excluding hydrogens is 350 g/mol. The highest BCUT2D eigenvalue weighted by Crippen LogP contribution is 2.25. The lowest BCUT2D eigenvalue weighted by atomic mass is 10.1. The third-order valence-electron chi connectivity index (χ3n) is 5.11. The van der Waals surface area contributed by atoms with E-state index in [9.17, 15) is 4.79 Å². The summed E-state index contributed by atoms with van der Waals surface area (Å²) in [5.41, 5.74) is 1.84. The standard InChI is InChI=1S/C19H25N5O.ClH/c25-18(13-15-8-5-10-20-15)21-16-7-4-6-14(12-16)19-23-22-17-9-2-1-3-11-24(17)19;/h4,6-7,12,15,20H,1-3,5,8-11,13H2,(H,21,25);1H. The number of hydrogen-bond donors (Lipinski definition) is 2. The summed E-state index contributed by atoms with van der Waals surface area (Å²) in [6.07, 6.45) is 7.37. The molecule has 1 fully saturated rings. The number of halogens is 1. The maximum absolute atomic E-state index is 12.3. The second-order valence-corrected chi connectivity index (χ2v) is 7.03. The average molecular weight is 376 g/mol. The Kier molecular flexibility index (Phi) is 6.27. The van der Waals surface area contributed by atoms with Crippen LogP contribution in [0.5, 0.6) is 0 Å². The molecule has 1 saturated heterocycles. The molecule has 0 bridgehead atoms. The fourth-order valence-electron chi connectivity index (χ4n) is 3.80. The van der Waals surface area contributed by atoms with Crippen molar-refractivity contribution >= 4 is 24.0 Å². The van der Waals surface area contributed by atoms with E-state index in [-0.39, 0.29) is 18.3 Å². The lowest BCUT2D eigenvalue weighted by Crippen LogP contribution is -2.27. The lowest BCUT2D eigenvalue weighted by molar-refractivity contribution is -0.116. The van der Waals surface area contributed by atoms with Crippen LogP contribution in [0.2, 0.25) is 0 Å². The van der Waals surface area contributed by atoms with Gasteiger partial charge in [0.05, 0.1) is 0 Å². The van der Waals surface area contributed by atoms with Crippen molar-refractivity contribution in [3.8, 4) is 11.4 Å². The first-order valence-electron chi connectivity index (χ1n) is 9.35. The van der Waals surface area contributed by atoms with Gasteiger partial charge < -0.3 is 15.2 Å². The zero-order chi connectivity index (χ0) is 17.1. The second kappa shape index (κ2) is 8.64. The highest BCUT2D eigenvalue weighted by molar-refractivity contribution is 5.91. The number of aromatic nitrogens is 3. The summed E-state index contributed by atoms with van der Waals surface area (Å²) in [4.78, 5) is 12.3. The maximum atomic E-state index is 12.3.